The standard InChI is InChI=1S/C29H24/c1-3-18-29(2)27-19-23(21-10-6-4-7-11-21)14-16-25(27)26-17-15-24(20-28(26)29)22-12-8-5-9-13-22/h3-17,19-20H,1,18H2,2H3. The van der Waals surface area contributed by atoms with Crippen LogP contribution in [0.5, 0.6) is 0 Å². The number of hydrogen-bond donors (Lipinski definition) is 0. The Morgan fingerprint density at radius 3 is 1.48 bits per heavy atom. The van der Waals surface area contributed by atoms with E-state index < -0.39 is 0 Å². The van der Waals surface area contributed by atoms with Crippen LogP contribution in [0, 0.1) is 0 Å². The molecule has 0 amide bonds. The van der Waals surface area contributed by atoms with E-state index in [-0.39, 0.29) is 5.41 Å². The number of rotatable bonds is 4. The van der Waals surface area contributed by atoms with Gasteiger partial charge in [-0.05, 0) is 63.1 Å². The van der Waals surface area contributed by atoms with Crippen LogP contribution in [0.25, 0.3) is 33.4 Å². The third kappa shape index (κ3) is 2.84. The highest BCUT2D eigenvalue weighted by Gasteiger charge is 2.38. The van der Waals surface area contributed by atoms with E-state index >= 15 is 0 Å². The minimum Gasteiger partial charge on any atom is -0.103 e. The maximum atomic E-state index is 4.08. The first kappa shape index (κ1) is 17.7. The van der Waals surface area contributed by atoms with Crippen LogP contribution in [0.1, 0.15) is 24.5 Å². The first-order chi connectivity index (χ1) is 14.2. The van der Waals surface area contributed by atoms with Crippen LogP contribution in [-0.4, -0.2) is 0 Å². The molecule has 0 aromatic heterocycles. The summed E-state index contributed by atoms with van der Waals surface area (Å²) in [6.45, 7) is 6.44. The summed E-state index contributed by atoms with van der Waals surface area (Å²) in [5.41, 5.74) is 10.5. The van der Waals surface area contributed by atoms with Crippen molar-refractivity contribution in [3.05, 3.63) is 121 Å². The van der Waals surface area contributed by atoms with Crippen molar-refractivity contribution < 1.29 is 0 Å². The highest BCUT2D eigenvalue weighted by Crippen LogP contribution is 2.52. The zero-order valence-corrected chi connectivity index (χ0v) is 16.7. The zero-order chi connectivity index (χ0) is 19.8. The van der Waals surface area contributed by atoms with Gasteiger partial charge < -0.3 is 0 Å². The Bertz CT molecular complexity index is 1090. The fraction of sp³-hybridized carbons (Fsp3) is 0.103. The molecule has 5 rings (SSSR count). The summed E-state index contributed by atoms with van der Waals surface area (Å²) in [7, 11) is 0. The van der Waals surface area contributed by atoms with Crippen LogP contribution in [-0.2, 0) is 5.41 Å². The first-order valence-corrected chi connectivity index (χ1v) is 10.2. The fourth-order valence-corrected chi connectivity index (χ4v) is 4.75. The summed E-state index contributed by atoms with van der Waals surface area (Å²) < 4.78 is 0. The van der Waals surface area contributed by atoms with E-state index in [1.54, 1.807) is 0 Å². The molecule has 0 saturated carbocycles. The predicted molar refractivity (Wildman–Crippen MR) is 124 cm³/mol. The molecule has 0 unspecified atom stereocenters. The van der Waals surface area contributed by atoms with Crippen LogP contribution in [0.3, 0.4) is 0 Å². The molecule has 0 N–H and O–H groups in total. The SMILES string of the molecule is C=CCC1(C)c2cc(-c3ccccc3)ccc2-c2ccc(-c3ccccc3)cc21. The van der Waals surface area contributed by atoms with Gasteiger partial charge in [-0.1, -0.05) is 97.9 Å². The highest BCUT2D eigenvalue weighted by molar-refractivity contribution is 5.86. The van der Waals surface area contributed by atoms with Gasteiger partial charge in [0, 0.05) is 5.41 Å². The second-order valence-electron chi connectivity index (χ2n) is 8.08. The average Bonchev–Trinajstić information content (AvgIpc) is 3.03. The zero-order valence-electron chi connectivity index (χ0n) is 16.7. The quantitative estimate of drug-likeness (QED) is 0.320. The molecule has 0 bridgehead atoms. The van der Waals surface area contributed by atoms with E-state index in [0.29, 0.717) is 0 Å². The van der Waals surface area contributed by atoms with Gasteiger partial charge in [0.05, 0.1) is 0 Å². The minimum absolute atomic E-state index is 0.0675. The second kappa shape index (κ2) is 6.90. The lowest BCUT2D eigenvalue weighted by atomic mass is 9.76. The van der Waals surface area contributed by atoms with Gasteiger partial charge >= 0.3 is 0 Å². The number of benzene rings is 4. The lowest BCUT2D eigenvalue weighted by Crippen LogP contribution is -2.19. The number of hydrogen-bond acceptors (Lipinski definition) is 0. The fourth-order valence-electron chi connectivity index (χ4n) is 4.75. The smallest absolute Gasteiger partial charge is 0.0221 e. The predicted octanol–water partition coefficient (Wildman–Crippen LogP) is 7.88. The summed E-state index contributed by atoms with van der Waals surface area (Å²) in [6.07, 6.45) is 2.98. The molecular formula is C29H24. The number of allylic oxidation sites excluding steroid dienone is 1. The van der Waals surface area contributed by atoms with E-state index in [0.717, 1.165) is 6.42 Å². The molecule has 1 aliphatic rings. The summed E-state index contributed by atoms with van der Waals surface area (Å²) in [4.78, 5) is 0. The van der Waals surface area contributed by atoms with Crippen molar-refractivity contribution in [3.63, 3.8) is 0 Å². The van der Waals surface area contributed by atoms with Crippen molar-refractivity contribution in [1.29, 1.82) is 0 Å². The molecule has 0 nitrogen and oxygen atoms in total. The molecule has 4 aromatic carbocycles. The van der Waals surface area contributed by atoms with Gasteiger partial charge in [0.25, 0.3) is 0 Å². The van der Waals surface area contributed by atoms with Crippen molar-refractivity contribution in [3.8, 4) is 33.4 Å². The average molecular weight is 373 g/mol. The summed E-state index contributed by atoms with van der Waals surface area (Å²) >= 11 is 0. The maximum Gasteiger partial charge on any atom is 0.0221 e. The second-order valence-corrected chi connectivity index (χ2v) is 8.08. The third-order valence-corrected chi connectivity index (χ3v) is 6.29. The van der Waals surface area contributed by atoms with E-state index in [1.807, 2.05) is 0 Å². The summed E-state index contributed by atoms with van der Waals surface area (Å²) in [6, 6.07) is 35.2. The Morgan fingerprint density at radius 2 is 1.07 bits per heavy atom. The Morgan fingerprint density at radius 1 is 0.621 bits per heavy atom. The van der Waals surface area contributed by atoms with Gasteiger partial charge in [-0.25, -0.2) is 0 Å². The van der Waals surface area contributed by atoms with E-state index in [4.69, 9.17) is 0 Å². The minimum atomic E-state index is -0.0675. The van der Waals surface area contributed by atoms with Crippen LogP contribution >= 0.6 is 0 Å². The van der Waals surface area contributed by atoms with Gasteiger partial charge in [0.1, 0.15) is 0 Å². The molecule has 0 fully saturated rings. The molecule has 0 radical (unpaired) electrons. The van der Waals surface area contributed by atoms with Crippen molar-refractivity contribution >= 4 is 0 Å². The van der Waals surface area contributed by atoms with Crippen molar-refractivity contribution in [1.82, 2.24) is 0 Å². The van der Waals surface area contributed by atoms with Crippen LogP contribution in [0.4, 0.5) is 0 Å². The Hall–Kier alpha value is -3.38. The van der Waals surface area contributed by atoms with Crippen LogP contribution < -0.4 is 0 Å². The van der Waals surface area contributed by atoms with Gasteiger partial charge in [-0.3, -0.25) is 0 Å². The van der Waals surface area contributed by atoms with E-state index in [9.17, 15) is 0 Å². The molecule has 0 heterocycles. The lowest BCUT2D eigenvalue weighted by molar-refractivity contribution is 0.598. The molecule has 0 saturated heterocycles. The van der Waals surface area contributed by atoms with E-state index in [2.05, 4.69) is 117 Å². The maximum absolute atomic E-state index is 4.08. The summed E-state index contributed by atoms with van der Waals surface area (Å²) in [5.74, 6) is 0. The van der Waals surface area contributed by atoms with Gasteiger partial charge in [0.15, 0.2) is 0 Å². The Labute approximate surface area is 173 Å². The molecule has 0 aliphatic heterocycles. The lowest BCUT2D eigenvalue weighted by Gasteiger charge is -2.27. The van der Waals surface area contributed by atoms with Crippen LogP contribution in [0.15, 0.2) is 110 Å². The van der Waals surface area contributed by atoms with Gasteiger partial charge in [-0.15, -0.1) is 6.58 Å². The normalized spacial score (nSPS) is 13.6. The van der Waals surface area contributed by atoms with E-state index in [1.165, 1.54) is 44.5 Å². The number of fused-ring (bicyclic) bond motifs is 3. The summed E-state index contributed by atoms with van der Waals surface area (Å²) in [5, 5.41) is 0. The molecule has 4 aromatic rings. The molecule has 1 aliphatic carbocycles. The topological polar surface area (TPSA) is 0 Å². The molecule has 0 spiro atoms. The third-order valence-electron chi connectivity index (χ3n) is 6.29. The molecule has 0 atom stereocenters. The molecule has 29 heavy (non-hydrogen) atoms. The largest absolute Gasteiger partial charge is 0.103 e. The van der Waals surface area contributed by atoms with Crippen molar-refractivity contribution in [2.75, 3.05) is 0 Å². The molecule has 0 heteroatoms. The molecule has 140 valence electrons. The van der Waals surface area contributed by atoms with Gasteiger partial charge in [0.2, 0.25) is 0 Å². The Balaban J connectivity index is 1.69. The highest BCUT2D eigenvalue weighted by atomic mass is 14.4. The molecular weight excluding hydrogens is 348 g/mol. The van der Waals surface area contributed by atoms with Crippen molar-refractivity contribution in [2.24, 2.45) is 0 Å². The Kier molecular flexibility index (Phi) is 4.21. The first-order valence-electron chi connectivity index (χ1n) is 10.2. The van der Waals surface area contributed by atoms with Crippen molar-refractivity contribution in [2.45, 2.75) is 18.8 Å². The van der Waals surface area contributed by atoms with Crippen LogP contribution in [0.2, 0.25) is 0 Å². The van der Waals surface area contributed by atoms with Gasteiger partial charge in [-0.2, -0.15) is 0 Å². The monoisotopic (exact) mass is 372 g/mol.